The molecular formula is C10H22O4. The van der Waals surface area contributed by atoms with Crippen molar-refractivity contribution in [2.75, 3.05) is 0 Å². The van der Waals surface area contributed by atoms with Crippen LogP contribution in [0.3, 0.4) is 0 Å². The van der Waals surface area contributed by atoms with Gasteiger partial charge in [-0.25, -0.2) is 0 Å². The van der Waals surface area contributed by atoms with Crippen LogP contribution in [0.5, 0.6) is 0 Å². The third-order valence-corrected chi connectivity index (χ3v) is 1.08. The van der Waals surface area contributed by atoms with Gasteiger partial charge < -0.3 is 10.2 Å². The Balaban J connectivity index is -0.000000163. The third kappa shape index (κ3) is 22.4. The van der Waals surface area contributed by atoms with Crippen molar-refractivity contribution in [3.05, 3.63) is 0 Å². The van der Waals surface area contributed by atoms with Crippen LogP contribution in [0.15, 0.2) is 0 Å². The molecule has 0 amide bonds. The van der Waals surface area contributed by atoms with Gasteiger partial charge in [-0.2, -0.15) is 0 Å². The van der Waals surface area contributed by atoms with E-state index in [9.17, 15) is 9.59 Å². The standard InChI is InChI=1S/C5H10O2.C4H8O2.CH4/c1-4(2)3-5(6)7;1-3(2)4(5)6;/h4H,3H2,1-2H3,(H,6,7);3H,1-2H3,(H,5,6);1H4. The van der Waals surface area contributed by atoms with Crippen molar-refractivity contribution in [3.8, 4) is 0 Å². The molecule has 0 bridgehead atoms. The number of hydrogen-bond donors (Lipinski definition) is 2. The van der Waals surface area contributed by atoms with E-state index in [0.29, 0.717) is 0 Å². The molecule has 0 aromatic heterocycles. The molecule has 2 N–H and O–H groups in total. The lowest BCUT2D eigenvalue weighted by molar-refractivity contribution is -0.140. The first kappa shape index (κ1) is 18.7. The predicted octanol–water partition coefficient (Wildman–Crippen LogP) is 2.48. The van der Waals surface area contributed by atoms with Crippen molar-refractivity contribution in [2.45, 2.75) is 41.5 Å². The zero-order valence-corrected chi connectivity index (χ0v) is 8.57. The highest BCUT2D eigenvalue weighted by Crippen LogP contribution is 1.96. The molecule has 0 fully saturated rings. The second-order valence-electron chi connectivity index (χ2n) is 3.48. The van der Waals surface area contributed by atoms with Gasteiger partial charge in [0, 0.05) is 6.42 Å². The summed E-state index contributed by atoms with van der Waals surface area (Å²) < 4.78 is 0. The van der Waals surface area contributed by atoms with Gasteiger partial charge in [-0.1, -0.05) is 35.1 Å². The molecule has 0 rings (SSSR count). The Morgan fingerprint density at radius 3 is 1.36 bits per heavy atom. The van der Waals surface area contributed by atoms with Crippen LogP contribution in [0.2, 0.25) is 0 Å². The summed E-state index contributed by atoms with van der Waals surface area (Å²) in [5.41, 5.74) is 0. The molecule has 0 aromatic carbocycles. The molecule has 0 aromatic rings. The second-order valence-corrected chi connectivity index (χ2v) is 3.48. The second kappa shape index (κ2) is 10.0. The van der Waals surface area contributed by atoms with Gasteiger partial charge in [-0.3, -0.25) is 9.59 Å². The van der Waals surface area contributed by atoms with Gasteiger partial charge in [0.1, 0.15) is 0 Å². The Hall–Kier alpha value is -1.06. The van der Waals surface area contributed by atoms with E-state index in [2.05, 4.69) is 0 Å². The molecule has 14 heavy (non-hydrogen) atoms. The van der Waals surface area contributed by atoms with Crippen LogP contribution in [-0.4, -0.2) is 22.2 Å². The fourth-order valence-electron chi connectivity index (χ4n) is 0.349. The van der Waals surface area contributed by atoms with E-state index in [1.807, 2.05) is 13.8 Å². The van der Waals surface area contributed by atoms with Gasteiger partial charge >= 0.3 is 11.9 Å². The third-order valence-electron chi connectivity index (χ3n) is 1.08. The summed E-state index contributed by atoms with van der Waals surface area (Å²) in [7, 11) is 0. The average molecular weight is 206 g/mol. The highest BCUT2D eigenvalue weighted by molar-refractivity contribution is 5.68. The monoisotopic (exact) mass is 206 g/mol. The fraction of sp³-hybridized carbons (Fsp3) is 0.800. The smallest absolute Gasteiger partial charge is 0.305 e. The molecule has 0 saturated heterocycles. The molecule has 4 nitrogen and oxygen atoms in total. The van der Waals surface area contributed by atoms with Crippen LogP contribution < -0.4 is 0 Å². The van der Waals surface area contributed by atoms with Crippen molar-refractivity contribution in [1.82, 2.24) is 0 Å². The van der Waals surface area contributed by atoms with Crippen molar-refractivity contribution in [2.24, 2.45) is 11.8 Å². The topological polar surface area (TPSA) is 74.6 Å². The molecule has 4 heteroatoms. The summed E-state index contributed by atoms with van der Waals surface area (Å²) in [6.07, 6.45) is 0.278. The molecule has 86 valence electrons. The zero-order chi connectivity index (χ0) is 11.0. The van der Waals surface area contributed by atoms with E-state index < -0.39 is 11.9 Å². The molecule has 0 saturated carbocycles. The van der Waals surface area contributed by atoms with Gasteiger partial charge in [0.2, 0.25) is 0 Å². The number of hydrogen-bond acceptors (Lipinski definition) is 2. The normalized spacial score (nSPS) is 8.71. The summed E-state index contributed by atoms with van der Waals surface area (Å²) >= 11 is 0. The maximum atomic E-state index is 9.81. The molecule has 0 atom stereocenters. The summed E-state index contributed by atoms with van der Waals surface area (Å²) in [6.45, 7) is 7.05. The zero-order valence-electron chi connectivity index (χ0n) is 8.57. The molecular weight excluding hydrogens is 184 g/mol. The van der Waals surface area contributed by atoms with Crippen LogP contribution in [0, 0.1) is 11.8 Å². The largest absolute Gasteiger partial charge is 0.481 e. The quantitative estimate of drug-likeness (QED) is 0.743. The molecule has 0 spiro atoms. The molecule has 0 unspecified atom stereocenters. The van der Waals surface area contributed by atoms with Crippen LogP contribution in [0.25, 0.3) is 0 Å². The fourth-order valence-corrected chi connectivity index (χ4v) is 0.349. The lowest BCUT2D eigenvalue weighted by Crippen LogP contribution is -2.03. The summed E-state index contributed by atoms with van der Waals surface area (Å²) in [6, 6.07) is 0. The molecule has 0 aliphatic rings. The summed E-state index contributed by atoms with van der Waals surface area (Å²) in [4.78, 5) is 19.5. The van der Waals surface area contributed by atoms with Crippen LogP contribution in [0.4, 0.5) is 0 Å². The van der Waals surface area contributed by atoms with E-state index in [1.54, 1.807) is 13.8 Å². The summed E-state index contributed by atoms with van der Waals surface area (Å²) in [5.74, 6) is -1.41. The highest BCUT2D eigenvalue weighted by atomic mass is 16.4. The van der Waals surface area contributed by atoms with Crippen molar-refractivity contribution in [3.63, 3.8) is 0 Å². The van der Waals surface area contributed by atoms with Gasteiger partial charge in [0.15, 0.2) is 0 Å². The molecule has 0 radical (unpaired) electrons. The first-order valence-corrected chi connectivity index (χ1v) is 4.22. The predicted molar refractivity (Wildman–Crippen MR) is 56.3 cm³/mol. The minimum absolute atomic E-state index is 0. The van der Waals surface area contributed by atoms with Crippen molar-refractivity contribution < 1.29 is 19.8 Å². The Morgan fingerprint density at radius 1 is 1.07 bits per heavy atom. The lowest BCUT2D eigenvalue weighted by Gasteiger charge is -1.94. The Morgan fingerprint density at radius 2 is 1.36 bits per heavy atom. The van der Waals surface area contributed by atoms with E-state index in [1.165, 1.54) is 0 Å². The maximum absolute atomic E-state index is 9.81. The Bertz CT molecular complexity index is 162. The molecule has 0 heterocycles. The Labute approximate surface area is 85.9 Å². The van der Waals surface area contributed by atoms with Gasteiger partial charge in [0.25, 0.3) is 0 Å². The van der Waals surface area contributed by atoms with Crippen molar-refractivity contribution >= 4 is 11.9 Å². The van der Waals surface area contributed by atoms with Gasteiger partial charge in [0.05, 0.1) is 5.92 Å². The first-order valence-electron chi connectivity index (χ1n) is 4.22. The van der Waals surface area contributed by atoms with Crippen molar-refractivity contribution in [1.29, 1.82) is 0 Å². The van der Waals surface area contributed by atoms with Gasteiger partial charge in [-0.15, -0.1) is 0 Å². The SMILES string of the molecule is C.CC(C)C(=O)O.CC(C)CC(=O)O. The number of carboxylic acid groups (broad SMARTS) is 2. The summed E-state index contributed by atoms with van der Waals surface area (Å²) in [5, 5.41) is 16.1. The number of carbonyl (C=O) groups is 2. The first-order chi connectivity index (χ1) is 5.77. The minimum Gasteiger partial charge on any atom is -0.481 e. The van der Waals surface area contributed by atoms with E-state index >= 15 is 0 Å². The Kier molecular flexibility index (Phi) is 13.4. The van der Waals surface area contributed by atoms with Crippen LogP contribution in [-0.2, 0) is 9.59 Å². The average Bonchev–Trinajstić information content (AvgIpc) is 1.84. The number of aliphatic carboxylic acids is 2. The maximum Gasteiger partial charge on any atom is 0.305 e. The van der Waals surface area contributed by atoms with Crippen LogP contribution in [0.1, 0.15) is 41.5 Å². The lowest BCUT2D eigenvalue weighted by atomic mass is 10.1. The molecule has 0 aliphatic carbocycles. The van der Waals surface area contributed by atoms with E-state index in [4.69, 9.17) is 10.2 Å². The van der Waals surface area contributed by atoms with Gasteiger partial charge in [-0.05, 0) is 5.92 Å². The van der Waals surface area contributed by atoms with E-state index in [0.717, 1.165) is 0 Å². The molecule has 0 aliphatic heterocycles. The number of rotatable bonds is 3. The number of carboxylic acids is 2. The van der Waals surface area contributed by atoms with E-state index in [-0.39, 0.29) is 25.7 Å². The minimum atomic E-state index is -0.741. The highest BCUT2D eigenvalue weighted by Gasteiger charge is 1.99. The van der Waals surface area contributed by atoms with Crippen LogP contribution >= 0.6 is 0 Å².